The van der Waals surface area contributed by atoms with Crippen LogP contribution in [0.4, 0.5) is 0 Å². The first-order valence-corrected chi connectivity index (χ1v) is 5.75. The molecule has 0 aromatic carbocycles. The summed E-state index contributed by atoms with van der Waals surface area (Å²) in [4.78, 5) is 1.17. The van der Waals surface area contributed by atoms with Gasteiger partial charge in [-0.3, -0.25) is 0 Å². The average molecular weight is 347 g/mol. The maximum atomic E-state index is 10.4. The molecule has 0 rings (SSSR count). The summed E-state index contributed by atoms with van der Waals surface area (Å²) in [6.45, 7) is 7.17. The lowest BCUT2D eigenvalue weighted by Gasteiger charge is -2.35. The number of halogens is 1. The second kappa shape index (κ2) is 9.58. The van der Waals surface area contributed by atoms with E-state index >= 15 is 0 Å². The second-order valence-corrected chi connectivity index (χ2v) is 3.95. The summed E-state index contributed by atoms with van der Waals surface area (Å²) >= 11 is 0. The summed E-state index contributed by atoms with van der Waals surface area (Å²) in [6.07, 6.45) is 0.853. The fourth-order valence-electron chi connectivity index (χ4n) is 1.92. The smallest absolute Gasteiger partial charge is 0.243 e. The topological polar surface area (TPSA) is 43.1 Å². The zero-order valence-corrected chi connectivity index (χ0v) is 13.2. The van der Waals surface area contributed by atoms with Crippen molar-refractivity contribution in [2.24, 2.45) is 0 Å². The minimum Gasteiger partial charge on any atom is -1.00 e. The number of ether oxygens (including phenoxy) is 2. The van der Waals surface area contributed by atoms with Crippen LogP contribution in [0.25, 0.3) is 0 Å². The summed E-state index contributed by atoms with van der Waals surface area (Å²) < 4.78 is 10.8. The Morgan fingerprint density at radius 1 is 1.19 bits per heavy atom. The van der Waals surface area contributed by atoms with Gasteiger partial charge in [0.25, 0.3) is 0 Å². The van der Waals surface area contributed by atoms with Gasteiger partial charge in [-0.25, -0.2) is 0 Å². The second-order valence-electron chi connectivity index (χ2n) is 3.95. The van der Waals surface area contributed by atoms with E-state index < -0.39 is 5.79 Å². The average Bonchev–Trinajstić information content (AvgIpc) is 2.15. The molecule has 0 radical (unpaired) electrons. The van der Waals surface area contributed by atoms with Crippen LogP contribution in [0, 0.1) is 0 Å². The third-order valence-electron chi connectivity index (χ3n) is 2.56. The molecule has 0 aromatic heterocycles. The third-order valence-corrected chi connectivity index (χ3v) is 2.56. The fourth-order valence-corrected chi connectivity index (χ4v) is 1.92. The molecule has 0 aliphatic heterocycles. The van der Waals surface area contributed by atoms with Gasteiger partial charge in [-0.05, 0) is 13.8 Å². The van der Waals surface area contributed by atoms with Gasteiger partial charge in [0.15, 0.2) is 0 Å². The van der Waals surface area contributed by atoms with Crippen LogP contribution in [0.2, 0.25) is 0 Å². The van der Waals surface area contributed by atoms with Crippen molar-refractivity contribution in [3.63, 3.8) is 0 Å². The molecule has 0 spiro atoms. The van der Waals surface area contributed by atoms with Crippen LogP contribution in [0.5, 0.6) is 0 Å². The third kappa shape index (κ3) is 5.77. The Balaban J connectivity index is 0. The summed E-state index contributed by atoms with van der Waals surface area (Å²) in [5.41, 5.74) is 0. The van der Waals surface area contributed by atoms with Crippen LogP contribution in [0.3, 0.4) is 0 Å². The van der Waals surface area contributed by atoms with Gasteiger partial charge in [0.2, 0.25) is 5.79 Å². The molecule has 0 saturated carbocycles. The van der Waals surface area contributed by atoms with Gasteiger partial charge in [-0.1, -0.05) is 6.92 Å². The highest BCUT2D eigenvalue weighted by Crippen LogP contribution is 2.14. The highest BCUT2D eigenvalue weighted by Gasteiger charge is 2.41. The first-order chi connectivity index (χ1) is 7.01. The predicted octanol–water partition coefficient (Wildman–Crippen LogP) is -3.32. The van der Waals surface area contributed by atoms with Crippen LogP contribution < -0.4 is 28.9 Å². The van der Waals surface area contributed by atoms with E-state index in [4.69, 9.17) is 9.47 Å². The molecule has 2 unspecified atom stereocenters. The minimum absolute atomic E-state index is 0. The van der Waals surface area contributed by atoms with Crippen LogP contribution in [-0.2, 0) is 9.47 Å². The number of nitrogens with one attached hydrogen (secondary N) is 1. The van der Waals surface area contributed by atoms with Crippen LogP contribution in [0.15, 0.2) is 0 Å². The summed E-state index contributed by atoms with van der Waals surface area (Å²) in [7, 11) is 4.04. The van der Waals surface area contributed by atoms with Crippen molar-refractivity contribution in [3.05, 3.63) is 0 Å². The van der Waals surface area contributed by atoms with Crippen molar-refractivity contribution in [1.29, 1.82) is 0 Å². The van der Waals surface area contributed by atoms with Crippen LogP contribution >= 0.6 is 0 Å². The van der Waals surface area contributed by atoms with E-state index in [1.54, 1.807) is 0 Å². The molecular formula is C11H26INO3. The number of likely N-dealkylation sites (N-methyl/N-ethyl adjacent to an activating group) is 1. The van der Waals surface area contributed by atoms with Crippen molar-refractivity contribution < 1.29 is 43.5 Å². The van der Waals surface area contributed by atoms with E-state index in [0.29, 0.717) is 13.2 Å². The largest absolute Gasteiger partial charge is 1.00 e. The Labute approximate surface area is 116 Å². The molecule has 2 N–H and O–H groups in total. The first-order valence-electron chi connectivity index (χ1n) is 5.75. The fraction of sp³-hybridized carbons (Fsp3) is 1.00. The quantitative estimate of drug-likeness (QED) is 0.357. The number of hydrogen-bond acceptors (Lipinski definition) is 3. The molecule has 0 aromatic rings. The van der Waals surface area contributed by atoms with E-state index in [1.807, 2.05) is 34.9 Å². The summed E-state index contributed by atoms with van der Waals surface area (Å²) in [5.74, 6) is -1.17. The van der Waals surface area contributed by atoms with E-state index in [-0.39, 0.29) is 36.6 Å². The lowest BCUT2D eigenvalue weighted by Crippen LogP contribution is -3.13. The Kier molecular flexibility index (Phi) is 11.3. The molecule has 100 valence electrons. The van der Waals surface area contributed by atoms with Crippen molar-refractivity contribution in [3.8, 4) is 0 Å². The molecule has 0 bridgehead atoms. The number of quaternary nitrogens is 1. The Bertz CT molecular complexity index is 169. The number of aliphatic hydroxyl groups is 1. The van der Waals surface area contributed by atoms with Gasteiger partial charge in [0.05, 0.1) is 14.1 Å². The summed E-state index contributed by atoms with van der Waals surface area (Å²) in [6, 6.07) is 0.0315. The Morgan fingerprint density at radius 2 is 1.75 bits per heavy atom. The molecular weight excluding hydrogens is 321 g/mol. The first kappa shape index (κ1) is 18.9. The lowest BCUT2D eigenvalue weighted by atomic mass is 10.0. The molecule has 0 heterocycles. The standard InChI is InChI=1S/C11H25NO3.HI/c1-6-10(12(4)5)11(13,15-8-3)9-14-7-2;/h10,13H,6-9H2,1-5H3;1H. The lowest BCUT2D eigenvalue weighted by molar-refractivity contribution is -0.899. The zero-order valence-electron chi connectivity index (χ0n) is 11.0. The van der Waals surface area contributed by atoms with Crippen molar-refractivity contribution in [2.45, 2.75) is 39.0 Å². The molecule has 16 heavy (non-hydrogen) atoms. The van der Waals surface area contributed by atoms with Crippen molar-refractivity contribution >= 4 is 0 Å². The van der Waals surface area contributed by atoms with E-state index in [9.17, 15) is 5.11 Å². The van der Waals surface area contributed by atoms with E-state index in [2.05, 4.69) is 0 Å². The minimum atomic E-state index is -1.17. The molecule has 2 atom stereocenters. The van der Waals surface area contributed by atoms with Gasteiger partial charge in [0, 0.05) is 19.6 Å². The van der Waals surface area contributed by atoms with Crippen LogP contribution in [0.1, 0.15) is 27.2 Å². The highest BCUT2D eigenvalue weighted by molar-refractivity contribution is 4.76. The molecule has 0 fully saturated rings. The molecule has 4 nitrogen and oxygen atoms in total. The Morgan fingerprint density at radius 3 is 2.06 bits per heavy atom. The van der Waals surface area contributed by atoms with Gasteiger partial charge < -0.3 is 43.5 Å². The maximum Gasteiger partial charge on any atom is 0.243 e. The monoisotopic (exact) mass is 347 g/mol. The number of rotatable bonds is 8. The molecule has 0 aliphatic carbocycles. The zero-order chi connectivity index (χ0) is 11.9. The van der Waals surface area contributed by atoms with Gasteiger partial charge in [0.1, 0.15) is 12.6 Å². The highest BCUT2D eigenvalue weighted by atomic mass is 127. The number of hydrogen-bond donors (Lipinski definition) is 2. The molecule has 0 saturated heterocycles. The molecule has 0 aliphatic rings. The van der Waals surface area contributed by atoms with Crippen molar-refractivity contribution in [2.75, 3.05) is 33.9 Å². The van der Waals surface area contributed by atoms with Gasteiger partial charge in [-0.15, -0.1) is 0 Å². The normalized spacial score (nSPS) is 16.7. The van der Waals surface area contributed by atoms with Gasteiger partial charge >= 0.3 is 0 Å². The molecule has 5 heteroatoms. The maximum absolute atomic E-state index is 10.4. The Hall–Kier alpha value is 0.570. The van der Waals surface area contributed by atoms with E-state index in [0.717, 1.165) is 6.42 Å². The SMILES string of the molecule is CCOCC(O)(OCC)C(CC)[NH+](C)C.[I-]. The van der Waals surface area contributed by atoms with Crippen LogP contribution in [-0.4, -0.2) is 50.9 Å². The van der Waals surface area contributed by atoms with Crippen molar-refractivity contribution in [1.82, 2.24) is 0 Å². The predicted molar refractivity (Wildman–Crippen MR) is 60.0 cm³/mol. The summed E-state index contributed by atoms with van der Waals surface area (Å²) in [5, 5.41) is 10.4. The van der Waals surface area contributed by atoms with E-state index in [1.165, 1.54) is 4.90 Å². The molecule has 0 amide bonds. The van der Waals surface area contributed by atoms with Gasteiger partial charge in [-0.2, -0.15) is 0 Å².